The molecule has 0 bridgehead atoms. The average Bonchev–Trinajstić information content (AvgIpc) is 3.49. The fourth-order valence-electron chi connectivity index (χ4n) is 6.70. The van der Waals surface area contributed by atoms with Crippen molar-refractivity contribution in [2.45, 2.75) is 0 Å². The van der Waals surface area contributed by atoms with Crippen LogP contribution in [0.1, 0.15) is 0 Å². The second-order valence-electron chi connectivity index (χ2n) is 11.9. The van der Waals surface area contributed by atoms with Gasteiger partial charge in [0.05, 0.1) is 22.2 Å². The molecule has 2 aromatic heterocycles. The zero-order valence-corrected chi connectivity index (χ0v) is 25.6. The first-order chi connectivity index (χ1) is 23.3. The minimum absolute atomic E-state index is 0.720. The minimum Gasteiger partial charge on any atom is -0.309 e. The van der Waals surface area contributed by atoms with Gasteiger partial charge in [-0.1, -0.05) is 140 Å². The Kier molecular flexibility index (Phi) is 6.46. The van der Waals surface area contributed by atoms with Gasteiger partial charge in [-0.2, -0.15) is 0 Å². The molecule has 3 nitrogen and oxygen atoms in total. The van der Waals surface area contributed by atoms with Gasteiger partial charge in [-0.25, -0.2) is 9.97 Å². The van der Waals surface area contributed by atoms with Crippen molar-refractivity contribution in [3.63, 3.8) is 0 Å². The molecule has 47 heavy (non-hydrogen) atoms. The number of aromatic nitrogens is 3. The van der Waals surface area contributed by atoms with Gasteiger partial charge in [0.1, 0.15) is 0 Å². The van der Waals surface area contributed by atoms with Crippen molar-refractivity contribution in [2.75, 3.05) is 0 Å². The molecule has 0 aliphatic rings. The van der Waals surface area contributed by atoms with Crippen LogP contribution in [0.15, 0.2) is 176 Å². The molecular weight excluding hydrogens is 571 g/mol. The Morgan fingerprint density at radius 2 is 0.894 bits per heavy atom. The van der Waals surface area contributed by atoms with Crippen molar-refractivity contribution >= 4 is 32.7 Å². The number of hydrogen-bond donors (Lipinski definition) is 0. The number of para-hydroxylation sites is 2. The van der Waals surface area contributed by atoms with Crippen molar-refractivity contribution in [3.8, 4) is 50.6 Å². The summed E-state index contributed by atoms with van der Waals surface area (Å²) in [5, 5.41) is 3.52. The number of rotatable bonds is 5. The van der Waals surface area contributed by atoms with Gasteiger partial charge < -0.3 is 4.57 Å². The van der Waals surface area contributed by atoms with Gasteiger partial charge >= 0.3 is 0 Å². The Morgan fingerprint density at radius 3 is 1.66 bits per heavy atom. The lowest BCUT2D eigenvalue weighted by Crippen LogP contribution is -1.96. The Balaban J connectivity index is 1.20. The normalized spacial score (nSPS) is 11.4. The van der Waals surface area contributed by atoms with Crippen LogP contribution < -0.4 is 0 Å². The molecule has 220 valence electrons. The lowest BCUT2D eigenvalue weighted by molar-refractivity contribution is 1.18. The topological polar surface area (TPSA) is 30.7 Å². The number of hydrogen-bond acceptors (Lipinski definition) is 2. The summed E-state index contributed by atoms with van der Waals surface area (Å²) in [5.74, 6) is 0.720. The monoisotopic (exact) mass is 599 g/mol. The van der Waals surface area contributed by atoms with Gasteiger partial charge in [0.2, 0.25) is 0 Å². The van der Waals surface area contributed by atoms with E-state index in [1.807, 2.05) is 12.1 Å². The Morgan fingerprint density at radius 1 is 0.340 bits per heavy atom. The van der Waals surface area contributed by atoms with Crippen LogP contribution in [0.4, 0.5) is 0 Å². The molecule has 0 saturated heterocycles. The second kappa shape index (κ2) is 11.2. The third-order valence-electron chi connectivity index (χ3n) is 9.01. The summed E-state index contributed by atoms with van der Waals surface area (Å²) in [6, 6.07) is 62.0. The summed E-state index contributed by atoms with van der Waals surface area (Å²) in [6.45, 7) is 0. The summed E-state index contributed by atoms with van der Waals surface area (Å²) in [7, 11) is 0. The summed E-state index contributed by atoms with van der Waals surface area (Å²) in [5.41, 5.74) is 12.1. The standard InChI is InChI=1S/C44H29N3/c1-4-12-30(13-5-1)31-20-22-33(23-21-31)44-45-40-27-25-34(28-39(40)43(46-44)32-14-6-2-7-15-32)35-24-26-38-37-18-10-11-19-41(37)47(42(38)29-35)36-16-8-3-9-17-36/h1-29H. The summed E-state index contributed by atoms with van der Waals surface area (Å²) < 4.78 is 2.36. The Labute approximate surface area is 273 Å². The van der Waals surface area contributed by atoms with E-state index in [4.69, 9.17) is 9.97 Å². The van der Waals surface area contributed by atoms with Crippen LogP contribution in [0.2, 0.25) is 0 Å². The maximum atomic E-state index is 5.20. The van der Waals surface area contributed by atoms with Gasteiger partial charge in [0, 0.05) is 33.0 Å². The molecule has 3 heteroatoms. The van der Waals surface area contributed by atoms with E-state index in [9.17, 15) is 0 Å². The van der Waals surface area contributed by atoms with E-state index in [1.54, 1.807) is 0 Å². The van der Waals surface area contributed by atoms with Crippen molar-refractivity contribution in [2.24, 2.45) is 0 Å². The number of fused-ring (bicyclic) bond motifs is 4. The molecule has 2 heterocycles. The zero-order chi connectivity index (χ0) is 31.2. The maximum Gasteiger partial charge on any atom is 0.160 e. The third-order valence-corrected chi connectivity index (χ3v) is 9.01. The van der Waals surface area contributed by atoms with Crippen LogP contribution in [0.25, 0.3) is 83.3 Å². The van der Waals surface area contributed by atoms with Crippen molar-refractivity contribution in [3.05, 3.63) is 176 Å². The van der Waals surface area contributed by atoms with Gasteiger partial charge in [-0.15, -0.1) is 0 Å². The van der Waals surface area contributed by atoms with Crippen molar-refractivity contribution in [1.29, 1.82) is 0 Å². The summed E-state index contributed by atoms with van der Waals surface area (Å²) >= 11 is 0. The molecule has 7 aromatic carbocycles. The first-order valence-electron chi connectivity index (χ1n) is 15.9. The molecule has 0 aliphatic carbocycles. The van der Waals surface area contributed by atoms with Crippen LogP contribution in [0.5, 0.6) is 0 Å². The average molecular weight is 600 g/mol. The SMILES string of the molecule is c1ccc(-c2ccc(-c3nc(-c4ccccc4)c4cc(-c5ccc6c7ccccc7n(-c7ccccc7)c6c5)ccc4n3)cc2)cc1. The third kappa shape index (κ3) is 4.77. The van der Waals surface area contributed by atoms with E-state index in [-0.39, 0.29) is 0 Å². The second-order valence-corrected chi connectivity index (χ2v) is 11.9. The van der Waals surface area contributed by atoms with E-state index < -0.39 is 0 Å². The number of nitrogens with zero attached hydrogens (tertiary/aromatic N) is 3. The summed E-state index contributed by atoms with van der Waals surface area (Å²) in [6.07, 6.45) is 0. The molecule has 0 fully saturated rings. The van der Waals surface area contributed by atoms with Gasteiger partial charge in [-0.05, 0) is 58.7 Å². The maximum absolute atomic E-state index is 5.20. The van der Waals surface area contributed by atoms with E-state index >= 15 is 0 Å². The van der Waals surface area contributed by atoms with E-state index in [2.05, 4.69) is 168 Å². The van der Waals surface area contributed by atoms with Crippen molar-refractivity contribution < 1.29 is 0 Å². The van der Waals surface area contributed by atoms with Gasteiger partial charge in [-0.3, -0.25) is 0 Å². The predicted molar refractivity (Wildman–Crippen MR) is 196 cm³/mol. The molecular formula is C44H29N3. The van der Waals surface area contributed by atoms with E-state index in [0.29, 0.717) is 0 Å². The molecule has 0 radical (unpaired) electrons. The molecule has 9 rings (SSSR count). The van der Waals surface area contributed by atoms with Crippen molar-refractivity contribution in [1.82, 2.24) is 14.5 Å². The van der Waals surface area contributed by atoms with E-state index in [1.165, 1.54) is 32.9 Å². The highest BCUT2D eigenvalue weighted by Crippen LogP contribution is 2.37. The highest BCUT2D eigenvalue weighted by Gasteiger charge is 2.16. The van der Waals surface area contributed by atoms with E-state index in [0.717, 1.165) is 50.4 Å². The first kappa shape index (κ1) is 27.0. The molecule has 0 N–H and O–H groups in total. The Bertz CT molecular complexity index is 2530. The predicted octanol–water partition coefficient (Wildman–Crippen LogP) is 11.4. The fraction of sp³-hybridized carbons (Fsp3) is 0. The lowest BCUT2D eigenvalue weighted by atomic mass is 9.98. The largest absolute Gasteiger partial charge is 0.309 e. The summed E-state index contributed by atoms with van der Waals surface area (Å²) in [4.78, 5) is 10.3. The van der Waals surface area contributed by atoms with Crippen LogP contribution in [0.3, 0.4) is 0 Å². The first-order valence-corrected chi connectivity index (χ1v) is 15.9. The number of benzene rings is 7. The molecule has 0 aliphatic heterocycles. The van der Waals surface area contributed by atoms with Crippen LogP contribution in [-0.4, -0.2) is 14.5 Å². The molecule has 0 saturated carbocycles. The zero-order valence-electron chi connectivity index (χ0n) is 25.6. The van der Waals surface area contributed by atoms with Crippen LogP contribution >= 0.6 is 0 Å². The molecule has 9 aromatic rings. The highest BCUT2D eigenvalue weighted by molar-refractivity contribution is 6.10. The smallest absolute Gasteiger partial charge is 0.160 e. The Hall–Kier alpha value is -6.32. The van der Waals surface area contributed by atoms with Crippen LogP contribution in [0, 0.1) is 0 Å². The fourth-order valence-corrected chi connectivity index (χ4v) is 6.70. The van der Waals surface area contributed by atoms with Gasteiger partial charge in [0.25, 0.3) is 0 Å². The molecule has 0 amide bonds. The van der Waals surface area contributed by atoms with Crippen LogP contribution in [-0.2, 0) is 0 Å². The highest BCUT2D eigenvalue weighted by atomic mass is 15.0. The van der Waals surface area contributed by atoms with Gasteiger partial charge in [0.15, 0.2) is 5.82 Å². The minimum atomic E-state index is 0.720. The molecule has 0 spiro atoms. The molecule has 0 unspecified atom stereocenters. The molecule has 0 atom stereocenters. The lowest BCUT2D eigenvalue weighted by Gasteiger charge is -2.12. The quantitative estimate of drug-likeness (QED) is 0.197.